The van der Waals surface area contributed by atoms with E-state index in [1.165, 1.54) is 5.56 Å². The molecule has 0 unspecified atom stereocenters. The van der Waals surface area contributed by atoms with Crippen LogP contribution in [-0.4, -0.2) is 5.78 Å². The summed E-state index contributed by atoms with van der Waals surface area (Å²) in [7, 11) is 0. The molecule has 78 valence electrons. The summed E-state index contributed by atoms with van der Waals surface area (Å²) in [4.78, 5) is 11.9. The van der Waals surface area contributed by atoms with Crippen molar-refractivity contribution in [3.63, 3.8) is 0 Å². The molecule has 0 saturated carbocycles. The van der Waals surface area contributed by atoms with Crippen molar-refractivity contribution in [2.24, 2.45) is 0 Å². The predicted molar refractivity (Wildman–Crippen MR) is 61.8 cm³/mol. The molecule has 1 heteroatoms. The lowest BCUT2D eigenvalue weighted by molar-refractivity contribution is -0.115. The number of rotatable bonds is 3. The summed E-state index contributed by atoms with van der Waals surface area (Å²) in [6.45, 7) is 2.06. The van der Waals surface area contributed by atoms with E-state index < -0.39 is 0 Å². The number of ketones is 1. The van der Waals surface area contributed by atoms with Gasteiger partial charge < -0.3 is 0 Å². The maximum absolute atomic E-state index is 11.9. The fourth-order valence-corrected chi connectivity index (χ4v) is 2.02. The van der Waals surface area contributed by atoms with Gasteiger partial charge in [-0.1, -0.05) is 30.3 Å². The second-order valence-corrected chi connectivity index (χ2v) is 4.15. The zero-order valence-electron chi connectivity index (χ0n) is 9.12. The monoisotopic (exact) mass is 200 g/mol. The average molecular weight is 200 g/mol. The van der Waals surface area contributed by atoms with Crippen molar-refractivity contribution >= 4 is 5.78 Å². The molecule has 0 N–H and O–H groups in total. The lowest BCUT2D eigenvalue weighted by Crippen LogP contribution is -2.05. The highest BCUT2D eigenvalue weighted by Gasteiger charge is 2.14. The van der Waals surface area contributed by atoms with Crippen LogP contribution in [0.25, 0.3) is 0 Å². The third-order valence-corrected chi connectivity index (χ3v) is 3.01. The normalized spacial score (nSPS) is 15.1. The molecule has 1 aromatic carbocycles. The van der Waals surface area contributed by atoms with Crippen molar-refractivity contribution in [3.8, 4) is 0 Å². The molecule has 0 heterocycles. The molecule has 1 nitrogen and oxygen atoms in total. The second-order valence-electron chi connectivity index (χ2n) is 4.15. The van der Waals surface area contributed by atoms with Crippen LogP contribution >= 0.6 is 0 Å². The maximum Gasteiger partial charge on any atom is 0.162 e. The molecule has 0 aliphatic heterocycles. The van der Waals surface area contributed by atoms with Crippen LogP contribution in [0.1, 0.15) is 30.4 Å². The van der Waals surface area contributed by atoms with Gasteiger partial charge in [-0.05, 0) is 42.9 Å². The highest BCUT2D eigenvalue weighted by atomic mass is 16.1. The molecule has 15 heavy (non-hydrogen) atoms. The van der Waals surface area contributed by atoms with Gasteiger partial charge in [0.2, 0.25) is 0 Å². The number of aryl methyl sites for hydroxylation is 1. The van der Waals surface area contributed by atoms with Gasteiger partial charge in [0, 0.05) is 6.42 Å². The lowest BCUT2D eigenvalue weighted by Gasteiger charge is -2.05. The molecule has 0 amide bonds. The van der Waals surface area contributed by atoms with Gasteiger partial charge in [0.15, 0.2) is 5.78 Å². The van der Waals surface area contributed by atoms with E-state index in [4.69, 9.17) is 0 Å². The molecule has 1 aliphatic rings. The van der Waals surface area contributed by atoms with Crippen LogP contribution in [0.15, 0.2) is 35.9 Å². The fourth-order valence-electron chi connectivity index (χ4n) is 2.02. The van der Waals surface area contributed by atoms with Gasteiger partial charge in [0.25, 0.3) is 0 Å². The van der Waals surface area contributed by atoms with Crippen molar-refractivity contribution in [1.29, 1.82) is 0 Å². The van der Waals surface area contributed by atoms with Gasteiger partial charge >= 0.3 is 0 Å². The average Bonchev–Trinajstić information content (AvgIpc) is 2.74. The Bertz CT molecular complexity index is 402. The molecule has 0 radical (unpaired) electrons. The lowest BCUT2D eigenvalue weighted by atomic mass is 9.99. The Morgan fingerprint density at radius 1 is 1.33 bits per heavy atom. The van der Waals surface area contributed by atoms with Crippen molar-refractivity contribution in [2.75, 3.05) is 0 Å². The van der Waals surface area contributed by atoms with Crippen molar-refractivity contribution < 1.29 is 4.79 Å². The van der Waals surface area contributed by atoms with Crippen LogP contribution in [0.2, 0.25) is 0 Å². The first-order valence-electron chi connectivity index (χ1n) is 5.54. The predicted octanol–water partition coefficient (Wildman–Crippen LogP) is 3.22. The highest BCUT2D eigenvalue weighted by Crippen LogP contribution is 2.20. The zero-order valence-corrected chi connectivity index (χ0v) is 9.12. The highest BCUT2D eigenvalue weighted by molar-refractivity contribution is 5.97. The summed E-state index contributed by atoms with van der Waals surface area (Å²) >= 11 is 0. The molecule has 0 saturated heterocycles. The Labute approximate surface area is 90.8 Å². The van der Waals surface area contributed by atoms with E-state index in [1.54, 1.807) is 0 Å². The third kappa shape index (κ3) is 2.35. The molecule has 1 aromatic rings. The third-order valence-electron chi connectivity index (χ3n) is 3.01. The Hall–Kier alpha value is -1.37. The first kappa shape index (κ1) is 10.2. The Balaban J connectivity index is 2.09. The maximum atomic E-state index is 11.9. The minimum atomic E-state index is 0.307. The van der Waals surface area contributed by atoms with E-state index in [0.29, 0.717) is 12.2 Å². The van der Waals surface area contributed by atoms with E-state index in [-0.39, 0.29) is 0 Å². The van der Waals surface area contributed by atoms with Crippen LogP contribution in [0.4, 0.5) is 0 Å². The van der Waals surface area contributed by atoms with E-state index in [1.807, 2.05) is 18.2 Å². The van der Waals surface area contributed by atoms with Crippen LogP contribution in [0.3, 0.4) is 0 Å². The Kier molecular flexibility index (Phi) is 3.00. The van der Waals surface area contributed by atoms with Crippen LogP contribution < -0.4 is 0 Å². The number of benzene rings is 1. The number of carbonyl (C=O) groups excluding carboxylic acids is 1. The van der Waals surface area contributed by atoms with Crippen LogP contribution in [-0.2, 0) is 11.2 Å². The van der Waals surface area contributed by atoms with E-state index >= 15 is 0 Å². The molecule has 0 spiro atoms. The van der Waals surface area contributed by atoms with Gasteiger partial charge in [-0.15, -0.1) is 0 Å². The molecule has 1 aliphatic carbocycles. The summed E-state index contributed by atoms with van der Waals surface area (Å²) in [6, 6.07) is 8.12. The number of hydrogen-bond donors (Lipinski definition) is 0. The number of carbonyl (C=O) groups is 1. The molecule has 0 bridgehead atoms. The summed E-state index contributed by atoms with van der Waals surface area (Å²) in [5, 5.41) is 0. The summed E-state index contributed by atoms with van der Waals surface area (Å²) in [5.74, 6) is 0.307. The van der Waals surface area contributed by atoms with Crippen LogP contribution in [0, 0.1) is 6.92 Å². The number of allylic oxidation sites excluding steroid dienone is 2. The van der Waals surface area contributed by atoms with Crippen molar-refractivity contribution in [3.05, 3.63) is 47.0 Å². The van der Waals surface area contributed by atoms with E-state index in [0.717, 1.165) is 30.4 Å². The van der Waals surface area contributed by atoms with E-state index in [9.17, 15) is 4.79 Å². The second kappa shape index (κ2) is 4.43. The quantitative estimate of drug-likeness (QED) is 0.732. The van der Waals surface area contributed by atoms with E-state index in [2.05, 4.69) is 19.1 Å². The van der Waals surface area contributed by atoms with Gasteiger partial charge in [-0.2, -0.15) is 0 Å². The summed E-state index contributed by atoms with van der Waals surface area (Å²) in [5.41, 5.74) is 3.41. The van der Waals surface area contributed by atoms with Gasteiger partial charge in [0.1, 0.15) is 0 Å². The Morgan fingerprint density at radius 3 is 2.80 bits per heavy atom. The molecule has 0 fully saturated rings. The number of Topliss-reactive ketones (excluding diaryl/α,β-unsaturated/α-hetero) is 1. The fraction of sp³-hybridized carbons (Fsp3) is 0.357. The molecule has 0 atom stereocenters. The molecular formula is C14H16O. The number of hydrogen-bond acceptors (Lipinski definition) is 1. The SMILES string of the molecule is Cc1ccccc1CC(=O)C1=CCCC1. The van der Waals surface area contributed by atoms with Crippen molar-refractivity contribution in [1.82, 2.24) is 0 Å². The molecule has 2 rings (SSSR count). The largest absolute Gasteiger partial charge is 0.294 e. The zero-order chi connectivity index (χ0) is 10.7. The summed E-state index contributed by atoms with van der Waals surface area (Å²) < 4.78 is 0. The molecular weight excluding hydrogens is 184 g/mol. The van der Waals surface area contributed by atoms with Gasteiger partial charge in [0.05, 0.1) is 0 Å². The minimum absolute atomic E-state index is 0.307. The summed E-state index contributed by atoms with van der Waals surface area (Å²) in [6.07, 6.45) is 5.87. The standard InChI is InChI=1S/C14H16O/c1-11-6-2-3-9-13(11)10-14(15)12-7-4-5-8-12/h2-3,6-7,9H,4-5,8,10H2,1H3. The van der Waals surface area contributed by atoms with Crippen LogP contribution in [0.5, 0.6) is 0 Å². The van der Waals surface area contributed by atoms with Gasteiger partial charge in [-0.25, -0.2) is 0 Å². The minimum Gasteiger partial charge on any atom is -0.294 e. The first-order chi connectivity index (χ1) is 7.27. The molecule has 0 aromatic heterocycles. The van der Waals surface area contributed by atoms with Gasteiger partial charge in [-0.3, -0.25) is 4.79 Å². The van der Waals surface area contributed by atoms with Crippen molar-refractivity contribution in [2.45, 2.75) is 32.6 Å². The smallest absolute Gasteiger partial charge is 0.162 e. The topological polar surface area (TPSA) is 17.1 Å². The Morgan fingerprint density at radius 2 is 2.13 bits per heavy atom. The first-order valence-corrected chi connectivity index (χ1v) is 5.54.